The van der Waals surface area contributed by atoms with E-state index in [1.165, 1.54) is 0 Å². The number of rotatable bonds is 6. The van der Waals surface area contributed by atoms with E-state index in [1.807, 2.05) is 6.07 Å². The van der Waals surface area contributed by atoms with Gasteiger partial charge in [0.15, 0.2) is 6.10 Å². The molecule has 0 unspecified atom stereocenters. The Morgan fingerprint density at radius 3 is 2.59 bits per heavy atom. The van der Waals surface area contributed by atoms with Gasteiger partial charge < -0.3 is 9.84 Å². The van der Waals surface area contributed by atoms with Gasteiger partial charge in [0, 0.05) is 17.1 Å². The first-order valence-corrected chi connectivity index (χ1v) is 7.16. The molecule has 1 amide bonds. The molecule has 0 fully saturated rings. The average Bonchev–Trinajstić information content (AvgIpc) is 2.51. The lowest BCUT2D eigenvalue weighted by molar-refractivity contribution is -0.128. The Morgan fingerprint density at radius 1 is 1.23 bits per heavy atom. The third kappa shape index (κ3) is 4.65. The second-order valence-corrected chi connectivity index (χ2v) is 5.12. The summed E-state index contributed by atoms with van der Waals surface area (Å²) in [5, 5.41) is 10.2. The van der Waals surface area contributed by atoms with Gasteiger partial charge in [-0.05, 0) is 37.3 Å². The molecule has 0 heterocycles. The van der Waals surface area contributed by atoms with Gasteiger partial charge in [-0.25, -0.2) is 5.43 Å². The van der Waals surface area contributed by atoms with Crippen LogP contribution in [0.5, 0.6) is 11.5 Å². The topological polar surface area (TPSA) is 70.6 Å². The molecular formula is C16H17ClN2O3. The maximum atomic E-state index is 11.9. The number of nitrogens with one attached hydrogen (secondary N) is 2. The van der Waals surface area contributed by atoms with Crippen molar-refractivity contribution >= 4 is 17.5 Å². The quantitative estimate of drug-likeness (QED) is 0.716. The molecule has 0 aliphatic rings. The Balaban J connectivity index is 1.79. The van der Waals surface area contributed by atoms with Crippen LogP contribution in [0.25, 0.3) is 0 Å². The van der Waals surface area contributed by atoms with Crippen molar-refractivity contribution < 1.29 is 14.6 Å². The number of benzene rings is 2. The minimum Gasteiger partial charge on any atom is -0.508 e. The van der Waals surface area contributed by atoms with Crippen molar-refractivity contribution in [1.29, 1.82) is 0 Å². The highest BCUT2D eigenvalue weighted by Gasteiger charge is 2.14. The number of carbonyl (C=O) groups excluding carboxylic acids is 1. The molecule has 0 radical (unpaired) electrons. The molecule has 0 aliphatic carbocycles. The number of phenolic OH excluding ortho intramolecular Hbond substituents is 1. The third-order valence-corrected chi connectivity index (χ3v) is 3.23. The number of carbonyl (C=O) groups is 1. The summed E-state index contributed by atoms with van der Waals surface area (Å²) >= 11 is 5.79. The lowest BCUT2D eigenvalue weighted by atomic mass is 10.2. The molecular weight excluding hydrogens is 304 g/mol. The van der Waals surface area contributed by atoms with Crippen LogP contribution in [0.4, 0.5) is 0 Å². The predicted octanol–water partition coefficient (Wildman–Crippen LogP) is 2.63. The van der Waals surface area contributed by atoms with Crippen LogP contribution in [-0.2, 0) is 11.3 Å². The van der Waals surface area contributed by atoms with Gasteiger partial charge in [0.1, 0.15) is 11.5 Å². The maximum Gasteiger partial charge on any atom is 0.274 e. The minimum absolute atomic E-state index is 0.176. The van der Waals surface area contributed by atoms with E-state index in [4.69, 9.17) is 16.3 Å². The molecule has 0 saturated heterocycles. The van der Waals surface area contributed by atoms with E-state index in [-0.39, 0.29) is 11.7 Å². The van der Waals surface area contributed by atoms with Crippen molar-refractivity contribution in [3.63, 3.8) is 0 Å². The van der Waals surface area contributed by atoms with E-state index >= 15 is 0 Å². The lowest BCUT2D eigenvalue weighted by Gasteiger charge is -2.15. The van der Waals surface area contributed by atoms with E-state index < -0.39 is 6.10 Å². The highest BCUT2D eigenvalue weighted by molar-refractivity contribution is 6.30. The van der Waals surface area contributed by atoms with E-state index in [9.17, 15) is 9.90 Å². The van der Waals surface area contributed by atoms with E-state index in [0.29, 0.717) is 22.9 Å². The van der Waals surface area contributed by atoms with E-state index in [2.05, 4.69) is 10.9 Å². The van der Waals surface area contributed by atoms with E-state index in [0.717, 1.165) is 0 Å². The molecule has 6 heteroatoms. The Labute approximate surface area is 133 Å². The van der Waals surface area contributed by atoms with Crippen molar-refractivity contribution in [2.45, 2.75) is 19.6 Å². The fraction of sp³-hybridized carbons (Fsp3) is 0.188. The molecule has 5 nitrogen and oxygen atoms in total. The third-order valence-electron chi connectivity index (χ3n) is 2.98. The van der Waals surface area contributed by atoms with Crippen LogP contribution >= 0.6 is 11.6 Å². The van der Waals surface area contributed by atoms with Crippen molar-refractivity contribution in [2.75, 3.05) is 0 Å². The first-order valence-electron chi connectivity index (χ1n) is 6.78. The first kappa shape index (κ1) is 16.1. The number of aromatic hydroxyl groups is 1. The molecule has 0 aliphatic heterocycles. The highest BCUT2D eigenvalue weighted by atomic mass is 35.5. The first-order chi connectivity index (χ1) is 10.6. The number of para-hydroxylation sites is 1. The van der Waals surface area contributed by atoms with Crippen molar-refractivity contribution in [3.8, 4) is 11.5 Å². The van der Waals surface area contributed by atoms with Crippen LogP contribution in [0.15, 0.2) is 48.5 Å². The fourth-order valence-electron chi connectivity index (χ4n) is 1.76. The molecule has 0 bridgehead atoms. The summed E-state index contributed by atoms with van der Waals surface area (Å²) in [6, 6.07) is 13.7. The average molecular weight is 321 g/mol. The molecule has 0 aromatic heterocycles. The summed E-state index contributed by atoms with van der Waals surface area (Å²) in [7, 11) is 0. The molecule has 2 aromatic carbocycles. The summed E-state index contributed by atoms with van der Waals surface area (Å²) in [4.78, 5) is 11.9. The number of amides is 1. The molecule has 22 heavy (non-hydrogen) atoms. The second kappa shape index (κ2) is 7.68. The summed E-state index contributed by atoms with van der Waals surface area (Å²) in [5.74, 6) is 0.424. The van der Waals surface area contributed by atoms with Crippen LogP contribution in [-0.4, -0.2) is 17.1 Å². The molecule has 1 atom stereocenters. The number of phenols is 1. The van der Waals surface area contributed by atoms with Gasteiger partial charge in [0.05, 0.1) is 0 Å². The zero-order chi connectivity index (χ0) is 15.9. The van der Waals surface area contributed by atoms with Gasteiger partial charge >= 0.3 is 0 Å². The normalized spacial score (nSPS) is 11.7. The van der Waals surface area contributed by atoms with E-state index in [1.54, 1.807) is 49.4 Å². The van der Waals surface area contributed by atoms with Gasteiger partial charge in [-0.3, -0.25) is 10.2 Å². The Bertz CT molecular complexity index is 632. The smallest absolute Gasteiger partial charge is 0.274 e. The fourth-order valence-corrected chi connectivity index (χ4v) is 1.89. The molecule has 0 saturated carbocycles. The van der Waals surface area contributed by atoms with Crippen molar-refractivity contribution in [1.82, 2.24) is 10.9 Å². The summed E-state index contributed by atoms with van der Waals surface area (Å²) < 4.78 is 5.50. The summed E-state index contributed by atoms with van der Waals surface area (Å²) in [6.07, 6.45) is -0.668. The van der Waals surface area contributed by atoms with Gasteiger partial charge in [0.25, 0.3) is 5.91 Å². The summed E-state index contributed by atoms with van der Waals surface area (Å²) in [6.45, 7) is 1.96. The standard InChI is InChI=1S/C16H17ClN2O3/c1-11(22-14-8-6-13(17)7-9-14)16(21)19-18-10-12-4-2-3-5-15(12)20/h2-9,11,18,20H,10H2,1H3,(H,19,21)/t11-/m1/s1. The molecule has 2 aromatic rings. The van der Waals surface area contributed by atoms with Crippen LogP contribution < -0.4 is 15.6 Å². The molecule has 2 rings (SSSR count). The monoisotopic (exact) mass is 320 g/mol. The number of hydrogen-bond acceptors (Lipinski definition) is 4. The largest absolute Gasteiger partial charge is 0.508 e. The number of hydrogen-bond donors (Lipinski definition) is 3. The number of halogens is 1. The van der Waals surface area contributed by atoms with Crippen LogP contribution in [0.3, 0.4) is 0 Å². The number of hydrazine groups is 1. The SMILES string of the molecule is C[C@@H](Oc1ccc(Cl)cc1)C(=O)NNCc1ccccc1O. The summed E-state index contributed by atoms with van der Waals surface area (Å²) in [5.41, 5.74) is 5.99. The zero-order valence-corrected chi connectivity index (χ0v) is 12.8. The lowest BCUT2D eigenvalue weighted by Crippen LogP contribution is -2.44. The zero-order valence-electron chi connectivity index (χ0n) is 12.0. The maximum absolute atomic E-state index is 11.9. The predicted molar refractivity (Wildman–Crippen MR) is 84.6 cm³/mol. The molecule has 116 valence electrons. The van der Waals surface area contributed by atoms with Gasteiger partial charge in [-0.1, -0.05) is 29.8 Å². The van der Waals surface area contributed by atoms with Gasteiger partial charge in [0.2, 0.25) is 0 Å². The second-order valence-electron chi connectivity index (χ2n) is 4.69. The minimum atomic E-state index is -0.668. The molecule has 3 N–H and O–H groups in total. The Morgan fingerprint density at radius 2 is 1.91 bits per heavy atom. The van der Waals surface area contributed by atoms with Crippen LogP contribution in [0, 0.1) is 0 Å². The Kier molecular flexibility index (Phi) is 5.63. The van der Waals surface area contributed by atoms with Crippen LogP contribution in [0.1, 0.15) is 12.5 Å². The van der Waals surface area contributed by atoms with Crippen LogP contribution in [0.2, 0.25) is 5.02 Å². The number of ether oxygens (including phenoxy) is 1. The van der Waals surface area contributed by atoms with Gasteiger partial charge in [-0.2, -0.15) is 0 Å². The van der Waals surface area contributed by atoms with Gasteiger partial charge in [-0.15, -0.1) is 0 Å². The van der Waals surface area contributed by atoms with Crippen molar-refractivity contribution in [2.24, 2.45) is 0 Å². The Hall–Kier alpha value is -2.24. The molecule has 0 spiro atoms. The van der Waals surface area contributed by atoms with Crippen molar-refractivity contribution in [3.05, 3.63) is 59.1 Å². The highest BCUT2D eigenvalue weighted by Crippen LogP contribution is 2.17.